The van der Waals surface area contributed by atoms with Crippen molar-refractivity contribution >= 4 is 15.7 Å². The van der Waals surface area contributed by atoms with E-state index in [1.807, 2.05) is 0 Å². The van der Waals surface area contributed by atoms with E-state index in [0.29, 0.717) is 36.1 Å². The SMILES string of the molecule is COCCN(CCOC)S(=O)(=O)c1cccc(C2=NC3CCC(O)CC3c3cc(OC)c(OC(F)F)cc32)c1. The zero-order chi connectivity index (χ0) is 28.2. The molecule has 0 radical (unpaired) electrons. The van der Waals surface area contributed by atoms with E-state index in [9.17, 15) is 22.3 Å². The van der Waals surface area contributed by atoms with Crippen LogP contribution in [0, 0.1) is 0 Å². The van der Waals surface area contributed by atoms with Crippen LogP contribution in [0.5, 0.6) is 11.5 Å². The summed E-state index contributed by atoms with van der Waals surface area (Å²) in [5.41, 5.74) is 2.32. The number of alkyl halides is 2. The zero-order valence-electron chi connectivity index (χ0n) is 22.2. The molecule has 1 fully saturated rings. The lowest BCUT2D eigenvalue weighted by Gasteiger charge is -2.37. The number of sulfonamides is 1. The highest BCUT2D eigenvalue weighted by Crippen LogP contribution is 2.45. The molecule has 1 N–H and O–H groups in total. The second-order valence-electron chi connectivity index (χ2n) is 9.50. The summed E-state index contributed by atoms with van der Waals surface area (Å²) in [5.74, 6) is -0.146. The van der Waals surface area contributed by atoms with Gasteiger partial charge < -0.3 is 24.1 Å². The van der Waals surface area contributed by atoms with E-state index < -0.39 is 22.7 Å². The molecule has 1 heterocycles. The summed E-state index contributed by atoms with van der Waals surface area (Å²) >= 11 is 0. The third-order valence-corrected chi connectivity index (χ3v) is 9.02. The smallest absolute Gasteiger partial charge is 0.387 e. The van der Waals surface area contributed by atoms with Crippen LogP contribution >= 0.6 is 0 Å². The summed E-state index contributed by atoms with van der Waals surface area (Å²) in [6.45, 7) is -2.34. The lowest BCUT2D eigenvalue weighted by atomic mass is 9.74. The van der Waals surface area contributed by atoms with Gasteiger partial charge in [0.2, 0.25) is 10.0 Å². The first-order chi connectivity index (χ1) is 18.7. The molecular weight excluding hydrogens is 534 g/mol. The first-order valence-electron chi connectivity index (χ1n) is 12.7. The van der Waals surface area contributed by atoms with Gasteiger partial charge >= 0.3 is 6.61 Å². The Balaban J connectivity index is 1.81. The lowest BCUT2D eigenvalue weighted by molar-refractivity contribution is -0.0512. The van der Waals surface area contributed by atoms with Gasteiger partial charge in [-0.25, -0.2) is 8.42 Å². The second-order valence-corrected chi connectivity index (χ2v) is 11.4. The van der Waals surface area contributed by atoms with Gasteiger partial charge in [-0.05, 0) is 49.1 Å². The van der Waals surface area contributed by atoms with E-state index in [0.717, 1.165) is 5.56 Å². The fourth-order valence-corrected chi connectivity index (χ4v) is 6.67. The number of benzene rings is 2. The van der Waals surface area contributed by atoms with Crippen LogP contribution in [0.2, 0.25) is 0 Å². The molecule has 1 saturated carbocycles. The van der Waals surface area contributed by atoms with E-state index in [4.69, 9.17) is 23.9 Å². The van der Waals surface area contributed by atoms with Crippen molar-refractivity contribution in [1.29, 1.82) is 0 Å². The van der Waals surface area contributed by atoms with Crippen LogP contribution in [0.4, 0.5) is 8.78 Å². The van der Waals surface area contributed by atoms with Crippen LogP contribution in [-0.4, -0.2) is 89.9 Å². The van der Waals surface area contributed by atoms with E-state index in [1.54, 1.807) is 24.3 Å². The topological polar surface area (TPSA) is 107 Å². The number of fused-ring (bicyclic) bond motifs is 3. The highest BCUT2D eigenvalue weighted by molar-refractivity contribution is 7.89. The number of aliphatic hydroxyl groups is 1. The molecule has 39 heavy (non-hydrogen) atoms. The summed E-state index contributed by atoms with van der Waals surface area (Å²) in [5, 5.41) is 10.4. The molecule has 0 spiro atoms. The van der Waals surface area contributed by atoms with Crippen LogP contribution in [0.3, 0.4) is 0 Å². The predicted molar refractivity (Wildman–Crippen MR) is 141 cm³/mol. The average molecular weight is 569 g/mol. The lowest BCUT2D eigenvalue weighted by Crippen LogP contribution is -2.36. The van der Waals surface area contributed by atoms with Crippen molar-refractivity contribution in [2.75, 3.05) is 47.6 Å². The second kappa shape index (κ2) is 12.7. The number of hydrogen-bond acceptors (Lipinski definition) is 8. The molecule has 214 valence electrons. The summed E-state index contributed by atoms with van der Waals surface area (Å²) in [6.07, 6.45) is 1.18. The number of hydrogen-bond donors (Lipinski definition) is 1. The van der Waals surface area contributed by atoms with Crippen molar-refractivity contribution in [3.63, 3.8) is 0 Å². The summed E-state index contributed by atoms with van der Waals surface area (Å²) < 4.78 is 75.2. The Labute approximate surface area is 227 Å². The van der Waals surface area contributed by atoms with Gasteiger partial charge in [0.15, 0.2) is 11.5 Å². The maximum Gasteiger partial charge on any atom is 0.387 e. The fourth-order valence-electron chi connectivity index (χ4n) is 5.21. The monoisotopic (exact) mass is 568 g/mol. The summed E-state index contributed by atoms with van der Waals surface area (Å²) in [4.78, 5) is 5.03. The third kappa shape index (κ3) is 6.41. The molecule has 3 unspecified atom stereocenters. The first kappa shape index (κ1) is 29.3. The van der Waals surface area contributed by atoms with Crippen molar-refractivity contribution < 1.29 is 41.3 Å². The Morgan fingerprint density at radius 1 is 1.05 bits per heavy atom. The number of aliphatic hydroxyl groups excluding tert-OH is 1. The van der Waals surface area contributed by atoms with Gasteiger partial charge in [-0.15, -0.1) is 0 Å². The number of rotatable bonds is 12. The van der Waals surface area contributed by atoms with E-state index in [1.165, 1.54) is 37.8 Å². The number of aliphatic imine (C=N–C) groups is 1. The van der Waals surface area contributed by atoms with Crippen molar-refractivity contribution in [1.82, 2.24) is 4.31 Å². The van der Waals surface area contributed by atoms with Gasteiger partial charge in [0.05, 0.1) is 43.1 Å². The van der Waals surface area contributed by atoms with Crippen LogP contribution in [0.25, 0.3) is 0 Å². The first-order valence-corrected chi connectivity index (χ1v) is 14.1. The average Bonchev–Trinajstić information content (AvgIpc) is 2.92. The van der Waals surface area contributed by atoms with Crippen molar-refractivity contribution in [2.45, 2.75) is 48.8 Å². The van der Waals surface area contributed by atoms with Gasteiger partial charge in [0.25, 0.3) is 0 Å². The van der Waals surface area contributed by atoms with Gasteiger partial charge in [0, 0.05) is 44.4 Å². The Morgan fingerprint density at radius 2 is 1.77 bits per heavy atom. The van der Waals surface area contributed by atoms with E-state index in [2.05, 4.69) is 0 Å². The Morgan fingerprint density at radius 3 is 2.41 bits per heavy atom. The number of ether oxygens (including phenoxy) is 4. The molecule has 2 aromatic carbocycles. The fraction of sp³-hybridized carbons (Fsp3) is 0.519. The summed E-state index contributed by atoms with van der Waals surface area (Å²) in [6, 6.07) is 9.38. The molecule has 0 bridgehead atoms. The quantitative estimate of drug-likeness (QED) is 0.418. The number of halogens is 2. The van der Waals surface area contributed by atoms with Crippen LogP contribution < -0.4 is 9.47 Å². The molecule has 1 aliphatic carbocycles. The minimum atomic E-state index is -3.91. The molecule has 12 heteroatoms. The molecule has 0 amide bonds. The van der Waals surface area contributed by atoms with Gasteiger partial charge in [0.1, 0.15) is 0 Å². The molecule has 0 saturated heterocycles. The molecule has 4 rings (SSSR count). The normalized spacial score (nSPS) is 20.9. The maximum atomic E-state index is 13.6. The minimum absolute atomic E-state index is 0.0650. The molecule has 0 aromatic heterocycles. The van der Waals surface area contributed by atoms with E-state index in [-0.39, 0.29) is 54.7 Å². The highest BCUT2D eigenvalue weighted by Gasteiger charge is 2.38. The molecule has 1 aliphatic heterocycles. The standard InChI is InChI=1S/C27H34F2N2O7S/c1-35-11-9-31(10-12-36-2)39(33,34)19-6-4-5-17(13-19)26-22-16-25(38-27(28)29)24(37-3)15-20(22)21-14-18(32)7-8-23(21)30-26/h4-6,13,15-16,18,21,23,27,32H,7-12,14H2,1-3H3. The molecule has 2 aliphatic rings. The minimum Gasteiger partial charge on any atom is -0.493 e. The Bertz CT molecular complexity index is 1280. The van der Waals surface area contributed by atoms with Crippen molar-refractivity contribution in [2.24, 2.45) is 4.99 Å². The van der Waals surface area contributed by atoms with Gasteiger partial charge in [-0.1, -0.05) is 12.1 Å². The zero-order valence-corrected chi connectivity index (χ0v) is 23.0. The maximum absolute atomic E-state index is 13.6. The van der Waals surface area contributed by atoms with Crippen LogP contribution in [0.15, 0.2) is 46.3 Å². The van der Waals surface area contributed by atoms with Gasteiger partial charge in [-0.3, -0.25) is 4.99 Å². The highest BCUT2D eigenvalue weighted by atomic mass is 32.2. The van der Waals surface area contributed by atoms with Gasteiger partial charge in [-0.2, -0.15) is 13.1 Å². The number of methoxy groups -OCH3 is 3. The van der Waals surface area contributed by atoms with Crippen molar-refractivity contribution in [3.05, 3.63) is 53.1 Å². The Hall–Kier alpha value is -2.64. The van der Waals surface area contributed by atoms with Crippen molar-refractivity contribution in [3.8, 4) is 11.5 Å². The van der Waals surface area contributed by atoms with E-state index >= 15 is 0 Å². The molecule has 3 atom stereocenters. The summed E-state index contributed by atoms with van der Waals surface area (Å²) in [7, 11) is 0.463. The molecule has 2 aromatic rings. The Kier molecular flexibility index (Phi) is 9.55. The number of nitrogens with zero attached hydrogens (tertiary/aromatic N) is 2. The van der Waals surface area contributed by atoms with Crippen LogP contribution in [0.1, 0.15) is 41.9 Å². The third-order valence-electron chi connectivity index (χ3n) is 7.12. The largest absolute Gasteiger partial charge is 0.493 e. The molecular formula is C27H34F2N2O7S. The van der Waals surface area contributed by atoms with Crippen LogP contribution in [-0.2, 0) is 19.5 Å². The molecule has 9 nitrogen and oxygen atoms in total. The predicted octanol–water partition coefficient (Wildman–Crippen LogP) is 3.43.